The van der Waals surface area contributed by atoms with Crippen LogP contribution in [0.3, 0.4) is 0 Å². The van der Waals surface area contributed by atoms with E-state index in [1.807, 2.05) is 0 Å². The predicted molar refractivity (Wildman–Crippen MR) is 62.0 cm³/mol. The molecular formula is C13H15F3O4. The minimum Gasteiger partial charge on any atom is -0.460 e. The van der Waals surface area contributed by atoms with Crippen LogP contribution in [0.25, 0.3) is 0 Å². The van der Waals surface area contributed by atoms with Crippen LogP contribution in [0.15, 0.2) is 22.8 Å². The Morgan fingerprint density at radius 2 is 2.25 bits per heavy atom. The van der Waals surface area contributed by atoms with Crippen LogP contribution in [0.1, 0.15) is 36.2 Å². The number of carbonyl (C=O) groups is 1. The van der Waals surface area contributed by atoms with E-state index >= 15 is 0 Å². The minimum absolute atomic E-state index is 0.0960. The van der Waals surface area contributed by atoms with E-state index in [9.17, 15) is 23.1 Å². The van der Waals surface area contributed by atoms with Gasteiger partial charge < -0.3 is 14.3 Å². The molecule has 112 valence electrons. The van der Waals surface area contributed by atoms with Crippen LogP contribution < -0.4 is 0 Å². The van der Waals surface area contributed by atoms with Crippen LogP contribution in [0.4, 0.5) is 13.2 Å². The molecule has 1 aromatic rings. The smallest absolute Gasteiger partial charge is 0.417 e. The lowest BCUT2D eigenvalue weighted by Gasteiger charge is -2.14. The van der Waals surface area contributed by atoms with Crippen molar-refractivity contribution in [2.45, 2.75) is 37.5 Å². The van der Waals surface area contributed by atoms with Crippen LogP contribution in [0.5, 0.6) is 0 Å². The zero-order valence-electron chi connectivity index (χ0n) is 10.7. The lowest BCUT2D eigenvalue weighted by atomic mass is 10.1. The van der Waals surface area contributed by atoms with Gasteiger partial charge in [0.2, 0.25) is 5.76 Å². The Hall–Kier alpha value is -1.50. The molecule has 0 radical (unpaired) electrons. The lowest BCUT2D eigenvalue weighted by molar-refractivity contribution is -0.224. The third-order valence-electron chi connectivity index (χ3n) is 3.47. The number of alkyl halides is 3. The topological polar surface area (TPSA) is 59.7 Å². The standard InChI is InChI=1S/C13H15F3O4/c14-13(15,16)12(18)8-9(12)4-1-2-6-20-11(17)10-5-3-7-19-10/h3,5,7,9,18H,1-2,4,6,8H2/t9-,12-/m1/s1. The fourth-order valence-corrected chi connectivity index (χ4v) is 2.13. The fraction of sp³-hybridized carbons (Fsp3) is 0.615. The van der Waals surface area contributed by atoms with Gasteiger partial charge in [-0.05, 0) is 43.7 Å². The quantitative estimate of drug-likeness (QED) is 0.647. The summed E-state index contributed by atoms with van der Waals surface area (Å²) in [4.78, 5) is 11.3. The van der Waals surface area contributed by atoms with Crippen molar-refractivity contribution in [3.05, 3.63) is 24.2 Å². The molecule has 7 heteroatoms. The molecule has 0 unspecified atom stereocenters. The highest BCUT2D eigenvalue weighted by Gasteiger charge is 2.69. The highest BCUT2D eigenvalue weighted by molar-refractivity contribution is 5.86. The van der Waals surface area contributed by atoms with Gasteiger partial charge in [0.1, 0.15) is 0 Å². The summed E-state index contributed by atoms with van der Waals surface area (Å²) < 4.78 is 46.9. The summed E-state index contributed by atoms with van der Waals surface area (Å²) in [5, 5.41) is 9.27. The molecule has 1 aromatic heterocycles. The maximum atomic E-state index is 12.4. The first kappa shape index (κ1) is 14.9. The third kappa shape index (κ3) is 3.15. The van der Waals surface area contributed by atoms with Gasteiger partial charge in [-0.2, -0.15) is 13.2 Å². The molecule has 0 aliphatic heterocycles. The van der Waals surface area contributed by atoms with E-state index in [-0.39, 0.29) is 25.2 Å². The van der Waals surface area contributed by atoms with E-state index in [4.69, 9.17) is 9.15 Å². The number of hydrogen-bond donors (Lipinski definition) is 1. The second kappa shape index (κ2) is 5.47. The largest absolute Gasteiger partial charge is 0.460 e. The molecule has 0 aromatic carbocycles. The molecule has 0 saturated heterocycles. The molecule has 1 aliphatic rings. The van der Waals surface area contributed by atoms with Gasteiger partial charge in [0.25, 0.3) is 0 Å². The Bertz CT molecular complexity index is 455. The van der Waals surface area contributed by atoms with Crippen molar-refractivity contribution < 1.29 is 32.2 Å². The van der Waals surface area contributed by atoms with Crippen LogP contribution in [-0.4, -0.2) is 29.5 Å². The van der Waals surface area contributed by atoms with Crippen LogP contribution >= 0.6 is 0 Å². The van der Waals surface area contributed by atoms with E-state index in [1.54, 1.807) is 6.07 Å². The number of carbonyl (C=O) groups excluding carboxylic acids is 1. The van der Waals surface area contributed by atoms with Gasteiger partial charge in [-0.25, -0.2) is 4.79 Å². The van der Waals surface area contributed by atoms with Gasteiger partial charge in [0, 0.05) is 0 Å². The van der Waals surface area contributed by atoms with Crippen molar-refractivity contribution in [2.75, 3.05) is 6.61 Å². The molecule has 1 heterocycles. The summed E-state index contributed by atoms with van der Waals surface area (Å²) in [5.41, 5.74) is -2.50. The van der Waals surface area contributed by atoms with Crippen LogP contribution in [-0.2, 0) is 4.74 Å². The number of furan rings is 1. The van der Waals surface area contributed by atoms with Gasteiger partial charge in [0.05, 0.1) is 12.9 Å². The van der Waals surface area contributed by atoms with Gasteiger partial charge in [-0.1, -0.05) is 0 Å². The van der Waals surface area contributed by atoms with Gasteiger partial charge >= 0.3 is 12.1 Å². The van der Waals surface area contributed by atoms with E-state index in [0.29, 0.717) is 12.8 Å². The number of aliphatic hydroxyl groups is 1. The zero-order chi connectivity index (χ0) is 14.8. The summed E-state index contributed by atoms with van der Waals surface area (Å²) >= 11 is 0. The number of esters is 1. The minimum atomic E-state index is -4.55. The Morgan fingerprint density at radius 3 is 2.80 bits per heavy atom. The van der Waals surface area contributed by atoms with E-state index in [2.05, 4.69) is 0 Å². The van der Waals surface area contributed by atoms with Crippen molar-refractivity contribution in [3.63, 3.8) is 0 Å². The number of ether oxygens (including phenoxy) is 1. The molecular weight excluding hydrogens is 277 g/mol. The molecule has 1 fully saturated rings. The summed E-state index contributed by atoms with van der Waals surface area (Å²) in [6.07, 6.45) is -2.24. The second-order valence-electron chi connectivity index (χ2n) is 4.93. The summed E-state index contributed by atoms with van der Waals surface area (Å²) in [6, 6.07) is 3.03. The first-order valence-corrected chi connectivity index (χ1v) is 6.34. The molecule has 0 amide bonds. The molecule has 0 bridgehead atoms. The number of hydrogen-bond acceptors (Lipinski definition) is 4. The van der Waals surface area contributed by atoms with Crippen molar-refractivity contribution in [1.82, 2.24) is 0 Å². The van der Waals surface area contributed by atoms with Crippen molar-refractivity contribution >= 4 is 5.97 Å². The highest BCUT2D eigenvalue weighted by atomic mass is 19.4. The average molecular weight is 292 g/mol. The number of rotatable bonds is 6. The predicted octanol–water partition coefficient (Wildman–Crippen LogP) is 2.92. The molecule has 1 N–H and O–H groups in total. The first-order chi connectivity index (χ1) is 9.34. The van der Waals surface area contributed by atoms with E-state index in [0.717, 1.165) is 0 Å². The molecule has 4 nitrogen and oxygen atoms in total. The molecule has 1 aliphatic carbocycles. The first-order valence-electron chi connectivity index (χ1n) is 6.34. The summed E-state index contributed by atoms with van der Waals surface area (Å²) in [6.45, 7) is 0.122. The molecule has 0 spiro atoms. The van der Waals surface area contributed by atoms with E-state index < -0.39 is 23.7 Å². The molecule has 2 atom stereocenters. The van der Waals surface area contributed by atoms with Crippen LogP contribution in [0, 0.1) is 5.92 Å². The molecule has 2 rings (SSSR count). The average Bonchev–Trinajstić information content (AvgIpc) is 2.82. The SMILES string of the molecule is O=C(OCCCC[C@@H]1C[C@]1(O)C(F)(F)F)c1ccco1. The van der Waals surface area contributed by atoms with Gasteiger partial charge in [0.15, 0.2) is 5.60 Å². The third-order valence-corrected chi connectivity index (χ3v) is 3.47. The molecule has 20 heavy (non-hydrogen) atoms. The number of halogens is 3. The maximum Gasteiger partial charge on any atom is 0.417 e. The zero-order valence-corrected chi connectivity index (χ0v) is 10.7. The summed E-state index contributed by atoms with van der Waals surface area (Å²) in [5.74, 6) is -1.23. The van der Waals surface area contributed by atoms with Crippen LogP contribution in [0.2, 0.25) is 0 Å². The molecule has 1 saturated carbocycles. The van der Waals surface area contributed by atoms with Crippen molar-refractivity contribution in [3.8, 4) is 0 Å². The van der Waals surface area contributed by atoms with E-state index in [1.165, 1.54) is 12.3 Å². The van der Waals surface area contributed by atoms with Crippen molar-refractivity contribution in [1.29, 1.82) is 0 Å². The highest BCUT2D eigenvalue weighted by Crippen LogP contribution is 2.56. The monoisotopic (exact) mass is 292 g/mol. The Morgan fingerprint density at radius 1 is 1.50 bits per heavy atom. The second-order valence-corrected chi connectivity index (χ2v) is 4.93. The Kier molecular flexibility index (Phi) is 4.08. The van der Waals surface area contributed by atoms with Crippen molar-refractivity contribution in [2.24, 2.45) is 5.92 Å². The number of unbranched alkanes of at least 4 members (excludes halogenated alkanes) is 1. The summed E-state index contributed by atoms with van der Waals surface area (Å²) in [7, 11) is 0. The van der Waals surface area contributed by atoms with Gasteiger partial charge in [-0.3, -0.25) is 0 Å². The Labute approximate surface area is 113 Å². The fourth-order valence-electron chi connectivity index (χ4n) is 2.13. The maximum absolute atomic E-state index is 12.4. The Balaban J connectivity index is 1.59. The normalized spacial score (nSPS) is 25.5. The van der Waals surface area contributed by atoms with Gasteiger partial charge in [-0.15, -0.1) is 0 Å². The lowest BCUT2D eigenvalue weighted by Crippen LogP contribution is -2.32.